The minimum absolute atomic E-state index is 0.223. The molecule has 1 heterocycles. The lowest BCUT2D eigenvalue weighted by molar-refractivity contribution is -0.704. The lowest BCUT2D eigenvalue weighted by Gasteiger charge is -1.88. The molecule has 0 saturated heterocycles. The first-order chi connectivity index (χ1) is 6.29. The number of H-pyrrole nitrogens is 1. The van der Waals surface area contributed by atoms with E-state index in [0.29, 0.717) is 10.3 Å². The van der Waals surface area contributed by atoms with Crippen LogP contribution >= 0.6 is 0 Å². The van der Waals surface area contributed by atoms with E-state index < -0.39 is 0 Å². The number of nitrogen functional groups attached to an aromatic ring is 1. The van der Waals surface area contributed by atoms with Crippen LogP contribution in [0, 0.1) is 4.91 Å². The van der Waals surface area contributed by atoms with E-state index in [0.717, 1.165) is 5.56 Å². The van der Waals surface area contributed by atoms with Gasteiger partial charge in [0.25, 0.3) is 11.5 Å². The van der Waals surface area contributed by atoms with Crippen LogP contribution < -0.4 is 10.3 Å². The van der Waals surface area contributed by atoms with Crippen molar-refractivity contribution in [3.63, 3.8) is 0 Å². The van der Waals surface area contributed by atoms with Crippen molar-refractivity contribution in [3.05, 3.63) is 35.2 Å². The van der Waals surface area contributed by atoms with Crippen LogP contribution in [0.5, 0.6) is 0 Å². The van der Waals surface area contributed by atoms with Crippen LogP contribution in [0.15, 0.2) is 35.0 Å². The molecular weight excluding hydrogens is 170 g/mol. The molecule has 0 radical (unpaired) electrons. The van der Waals surface area contributed by atoms with Gasteiger partial charge in [0.05, 0.1) is 0 Å². The summed E-state index contributed by atoms with van der Waals surface area (Å²) in [7, 11) is 0. The third-order valence-corrected chi connectivity index (χ3v) is 1.72. The van der Waals surface area contributed by atoms with Crippen molar-refractivity contribution >= 4 is 5.82 Å². The number of benzene rings is 1. The van der Waals surface area contributed by atoms with E-state index in [2.05, 4.69) is 9.79 Å². The minimum atomic E-state index is 0.223. The lowest BCUT2D eigenvalue weighted by atomic mass is 10.2. The van der Waals surface area contributed by atoms with Gasteiger partial charge in [-0.25, -0.2) is 0 Å². The maximum atomic E-state index is 11.1. The number of aromatic amines is 1. The third kappa shape index (κ3) is 1.20. The summed E-state index contributed by atoms with van der Waals surface area (Å²) in [6.07, 6.45) is 0. The number of hydrogen-bond acceptors (Lipinski definition) is 3. The topological polar surface area (TPSA) is 77.9 Å². The first-order valence-corrected chi connectivity index (χ1v) is 3.74. The molecule has 2 rings (SSSR count). The Kier molecular flexibility index (Phi) is 1.63. The second kappa shape index (κ2) is 2.78. The smallest absolute Gasteiger partial charge is 0.296 e. The van der Waals surface area contributed by atoms with Crippen molar-refractivity contribution in [3.8, 4) is 11.3 Å². The first kappa shape index (κ1) is 7.60. The van der Waals surface area contributed by atoms with Crippen LogP contribution in [0.25, 0.3) is 11.3 Å². The summed E-state index contributed by atoms with van der Waals surface area (Å²) in [6.45, 7) is 0. The fourth-order valence-electron chi connectivity index (χ4n) is 1.14. The van der Waals surface area contributed by atoms with Crippen LogP contribution in [0.4, 0.5) is 5.82 Å². The predicted octanol–water partition coefficient (Wildman–Crippen LogP) is 0.771. The van der Waals surface area contributed by atoms with E-state index in [1.807, 2.05) is 18.2 Å². The Bertz CT molecular complexity index is 458. The molecule has 0 spiro atoms. The van der Waals surface area contributed by atoms with Gasteiger partial charge in [0.15, 0.2) is 4.60 Å². The van der Waals surface area contributed by atoms with Gasteiger partial charge in [-0.15, -0.1) is 0 Å². The molecule has 3 N–H and O–H groups in total. The highest BCUT2D eigenvalue weighted by Gasteiger charge is 2.18. The van der Waals surface area contributed by atoms with Gasteiger partial charge in [0, 0.05) is 5.56 Å². The molecule has 0 bridgehead atoms. The summed E-state index contributed by atoms with van der Waals surface area (Å²) in [5.41, 5.74) is 6.53. The van der Waals surface area contributed by atoms with Gasteiger partial charge < -0.3 is 5.73 Å². The van der Waals surface area contributed by atoms with Gasteiger partial charge in [-0.1, -0.05) is 40.1 Å². The summed E-state index contributed by atoms with van der Waals surface area (Å²) in [5, 5.41) is 2.29. The highest BCUT2D eigenvalue weighted by atomic mass is 16.7. The highest BCUT2D eigenvalue weighted by molar-refractivity contribution is 5.65. The number of nitrogens with zero attached hydrogens (tertiary/aromatic N) is 1. The molecule has 66 valence electrons. The number of anilines is 1. The zero-order valence-corrected chi connectivity index (χ0v) is 6.73. The quantitative estimate of drug-likeness (QED) is 0.677. The minimum Gasteiger partial charge on any atom is -0.360 e. The molecule has 1 aromatic carbocycles. The molecule has 0 amide bonds. The van der Waals surface area contributed by atoms with Crippen LogP contribution in [0.2, 0.25) is 0 Å². The van der Waals surface area contributed by atoms with Crippen LogP contribution in [-0.4, -0.2) is 5.16 Å². The maximum absolute atomic E-state index is 11.1. The second-order valence-electron chi connectivity index (χ2n) is 2.58. The molecule has 5 nitrogen and oxygen atoms in total. The van der Waals surface area contributed by atoms with E-state index in [1.165, 1.54) is 0 Å². The standard InChI is InChI=1S/C8H8N3O2/c9-8-7(11(12)13-10-8)6-4-2-1-3-5-6/h1-5,10H,9H2/q+1. The Morgan fingerprint density at radius 2 is 2.00 bits per heavy atom. The Hall–Kier alpha value is -2.04. The largest absolute Gasteiger partial charge is 0.360 e. The molecule has 5 heteroatoms. The molecule has 0 saturated carbocycles. The summed E-state index contributed by atoms with van der Waals surface area (Å²) in [4.78, 5) is 11.1. The number of hydrogen-bond donors (Lipinski definition) is 2. The molecule has 0 fully saturated rings. The average Bonchev–Trinajstić information content (AvgIpc) is 2.48. The van der Waals surface area contributed by atoms with Crippen molar-refractivity contribution < 1.29 is 9.23 Å². The summed E-state index contributed by atoms with van der Waals surface area (Å²) in [6, 6.07) is 9.06. The van der Waals surface area contributed by atoms with Crippen molar-refractivity contribution in [1.82, 2.24) is 5.16 Å². The molecule has 0 aliphatic carbocycles. The third-order valence-electron chi connectivity index (χ3n) is 1.72. The van der Waals surface area contributed by atoms with Crippen LogP contribution in [0.3, 0.4) is 0 Å². The zero-order chi connectivity index (χ0) is 9.26. The molecular formula is C8H8N3O2+. The molecule has 13 heavy (non-hydrogen) atoms. The van der Waals surface area contributed by atoms with Crippen LogP contribution in [-0.2, 0) is 0 Å². The molecule has 0 unspecified atom stereocenters. The molecule has 1 aromatic heterocycles. The van der Waals surface area contributed by atoms with E-state index in [9.17, 15) is 4.91 Å². The monoisotopic (exact) mass is 178 g/mol. The van der Waals surface area contributed by atoms with E-state index in [-0.39, 0.29) is 5.82 Å². The fourth-order valence-corrected chi connectivity index (χ4v) is 1.14. The number of aromatic nitrogens is 2. The van der Waals surface area contributed by atoms with Crippen LogP contribution in [0.1, 0.15) is 0 Å². The maximum Gasteiger partial charge on any atom is 0.296 e. The van der Waals surface area contributed by atoms with Crippen molar-refractivity contribution in [1.29, 1.82) is 0 Å². The van der Waals surface area contributed by atoms with E-state index in [4.69, 9.17) is 5.73 Å². The van der Waals surface area contributed by atoms with Gasteiger partial charge in [-0.2, -0.15) is 0 Å². The van der Waals surface area contributed by atoms with Gasteiger partial charge in [0.1, 0.15) is 0 Å². The predicted molar refractivity (Wildman–Crippen MR) is 46.3 cm³/mol. The number of rotatable bonds is 1. The van der Waals surface area contributed by atoms with Gasteiger partial charge in [-0.3, -0.25) is 0 Å². The number of nitrogens with one attached hydrogen (secondary N) is 1. The Morgan fingerprint density at radius 3 is 2.54 bits per heavy atom. The van der Waals surface area contributed by atoms with Gasteiger partial charge >= 0.3 is 0 Å². The summed E-state index contributed by atoms with van der Waals surface area (Å²) < 4.78 is 4.81. The highest BCUT2D eigenvalue weighted by Crippen LogP contribution is 2.18. The Labute approximate surface area is 73.3 Å². The molecule has 2 aromatic rings. The lowest BCUT2D eigenvalue weighted by Crippen LogP contribution is -2.12. The number of nitrogens with two attached hydrogens (primary N) is 1. The Balaban J connectivity index is 2.65. The van der Waals surface area contributed by atoms with Gasteiger partial charge in [-0.05, 0) is 4.91 Å². The summed E-state index contributed by atoms with van der Waals surface area (Å²) >= 11 is 0. The van der Waals surface area contributed by atoms with Crippen molar-refractivity contribution in [2.45, 2.75) is 0 Å². The first-order valence-electron chi connectivity index (χ1n) is 3.74. The van der Waals surface area contributed by atoms with E-state index in [1.54, 1.807) is 12.1 Å². The van der Waals surface area contributed by atoms with Crippen molar-refractivity contribution in [2.75, 3.05) is 5.73 Å². The summed E-state index contributed by atoms with van der Waals surface area (Å²) in [5.74, 6) is 0.223. The SMILES string of the molecule is Nc1[nH]o[n+](=O)c1-c1ccccc1. The zero-order valence-electron chi connectivity index (χ0n) is 6.73. The second-order valence-corrected chi connectivity index (χ2v) is 2.58. The van der Waals surface area contributed by atoms with E-state index >= 15 is 0 Å². The average molecular weight is 178 g/mol. The molecule has 0 atom stereocenters. The Morgan fingerprint density at radius 1 is 1.31 bits per heavy atom. The van der Waals surface area contributed by atoms with Gasteiger partial charge in [0.2, 0.25) is 0 Å². The molecule has 0 aliphatic rings. The molecule has 0 aliphatic heterocycles. The van der Waals surface area contributed by atoms with Crippen molar-refractivity contribution in [2.24, 2.45) is 0 Å². The normalized spacial score (nSPS) is 10.2. The fraction of sp³-hybridized carbons (Fsp3) is 0.